The third-order valence-electron chi connectivity index (χ3n) is 4.81. The summed E-state index contributed by atoms with van der Waals surface area (Å²) in [6, 6.07) is 12.7. The molecule has 8 nitrogen and oxygen atoms in total. The fourth-order valence-corrected chi connectivity index (χ4v) is 3.40. The molecule has 2 aromatic carbocycles. The summed E-state index contributed by atoms with van der Waals surface area (Å²) in [4.78, 5) is 23.2. The molecule has 0 aliphatic rings. The fraction of sp³-hybridized carbons (Fsp3) is 0.273. The molecule has 0 aliphatic heterocycles. The second kappa shape index (κ2) is 9.61. The van der Waals surface area contributed by atoms with Crippen molar-refractivity contribution in [3.05, 3.63) is 85.7 Å². The lowest BCUT2D eigenvalue weighted by molar-refractivity contribution is -0.386. The zero-order valence-electron chi connectivity index (χ0n) is 17.5. The van der Waals surface area contributed by atoms with Crippen molar-refractivity contribution >= 4 is 23.2 Å². The Morgan fingerprint density at radius 1 is 1.23 bits per heavy atom. The number of carbonyl (C=O) groups excluding carboxylic acids is 1. The monoisotopic (exact) mass is 442 g/mol. The smallest absolute Gasteiger partial charge is 0.312 e. The van der Waals surface area contributed by atoms with Crippen molar-refractivity contribution in [3.8, 4) is 5.75 Å². The van der Waals surface area contributed by atoms with Gasteiger partial charge in [-0.05, 0) is 56.2 Å². The van der Waals surface area contributed by atoms with E-state index in [9.17, 15) is 14.9 Å². The Morgan fingerprint density at radius 2 is 2.00 bits per heavy atom. The molecule has 3 aromatic rings. The van der Waals surface area contributed by atoms with Crippen LogP contribution in [-0.2, 0) is 13.2 Å². The summed E-state index contributed by atoms with van der Waals surface area (Å²) < 4.78 is 7.32. The molecule has 0 bridgehead atoms. The van der Waals surface area contributed by atoms with Gasteiger partial charge in [-0.15, -0.1) is 0 Å². The summed E-state index contributed by atoms with van der Waals surface area (Å²) in [5.41, 5.74) is 3.20. The van der Waals surface area contributed by atoms with Crippen LogP contribution in [0.15, 0.2) is 42.5 Å². The summed E-state index contributed by atoms with van der Waals surface area (Å²) in [5.74, 6) is 0.349. The highest BCUT2D eigenvalue weighted by molar-refractivity contribution is 6.32. The van der Waals surface area contributed by atoms with Crippen LogP contribution >= 0.6 is 11.6 Å². The zero-order chi connectivity index (χ0) is 22.5. The summed E-state index contributed by atoms with van der Waals surface area (Å²) in [7, 11) is 0. The molecule has 0 aliphatic carbocycles. The molecule has 0 radical (unpaired) electrons. The summed E-state index contributed by atoms with van der Waals surface area (Å²) >= 11 is 6.16. The molecule has 0 atom stereocenters. The van der Waals surface area contributed by atoms with E-state index in [2.05, 4.69) is 10.4 Å². The fourth-order valence-electron chi connectivity index (χ4n) is 3.23. The number of aryl methyl sites for hydroxylation is 2. The summed E-state index contributed by atoms with van der Waals surface area (Å²) in [6.07, 6.45) is 0. The first-order valence-electron chi connectivity index (χ1n) is 9.70. The van der Waals surface area contributed by atoms with Gasteiger partial charge in [0.2, 0.25) is 0 Å². The number of nitrogens with zero attached hydrogens (tertiary/aromatic N) is 3. The number of halogens is 1. The van der Waals surface area contributed by atoms with E-state index in [1.807, 2.05) is 25.1 Å². The number of hydrogen-bond acceptors (Lipinski definition) is 5. The van der Waals surface area contributed by atoms with Crippen LogP contribution in [0.5, 0.6) is 5.75 Å². The van der Waals surface area contributed by atoms with Crippen molar-refractivity contribution in [2.24, 2.45) is 0 Å². The maximum atomic E-state index is 12.5. The van der Waals surface area contributed by atoms with E-state index in [4.69, 9.17) is 16.3 Å². The van der Waals surface area contributed by atoms with Gasteiger partial charge in [-0.25, -0.2) is 0 Å². The number of aromatic nitrogens is 2. The number of benzene rings is 2. The minimum absolute atomic E-state index is 0.00717. The van der Waals surface area contributed by atoms with Crippen molar-refractivity contribution in [3.63, 3.8) is 0 Å². The maximum absolute atomic E-state index is 12.5. The molecule has 0 saturated carbocycles. The Bertz CT molecular complexity index is 1130. The van der Waals surface area contributed by atoms with E-state index in [1.165, 1.54) is 4.68 Å². The number of nitrogens with one attached hydrogen (secondary N) is 1. The van der Waals surface area contributed by atoms with Crippen molar-refractivity contribution in [2.75, 3.05) is 6.54 Å². The molecule has 9 heteroatoms. The van der Waals surface area contributed by atoms with Crippen LogP contribution in [0.4, 0.5) is 5.69 Å². The molecule has 1 heterocycles. The first kappa shape index (κ1) is 22.3. The van der Waals surface area contributed by atoms with Crippen LogP contribution in [0.25, 0.3) is 0 Å². The standard InChI is InChI=1S/C22H23ClN4O4/c1-14-7-8-19(23)20(11-14)31-13-17-5-4-6-18(12-17)22(28)24-9-10-26-16(3)21(27(29)30)15(2)25-26/h4-8,11-12H,9-10,13H2,1-3H3,(H,24,28). The van der Waals surface area contributed by atoms with Crippen LogP contribution in [0.2, 0.25) is 5.02 Å². The van der Waals surface area contributed by atoms with Gasteiger partial charge in [-0.3, -0.25) is 19.6 Å². The van der Waals surface area contributed by atoms with Crippen molar-refractivity contribution < 1.29 is 14.5 Å². The Balaban J connectivity index is 1.58. The number of amides is 1. The summed E-state index contributed by atoms with van der Waals surface area (Å²) in [5, 5.41) is 18.6. The minimum Gasteiger partial charge on any atom is -0.487 e. The van der Waals surface area contributed by atoms with Crippen molar-refractivity contribution in [1.82, 2.24) is 15.1 Å². The van der Waals surface area contributed by atoms with E-state index < -0.39 is 4.92 Å². The van der Waals surface area contributed by atoms with Gasteiger partial charge in [0.1, 0.15) is 23.7 Å². The lowest BCUT2D eigenvalue weighted by Gasteiger charge is -2.10. The number of carbonyl (C=O) groups is 1. The first-order valence-corrected chi connectivity index (χ1v) is 10.1. The Labute approximate surface area is 184 Å². The average Bonchev–Trinajstić information content (AvgIpc) is 3.02. The van der Waals surface area contributed by atoms with Gasteiger partial charge in [0.25, 0.3) is 5.91 Å². The normalized spacial score (nSPS) is 10.7. The number of hydrogen-bond donors (Lipinski definition) is 1. The Kier molecular flexibility index (Phi) is 6.91. The van der Waals surface area contributed by atoms with E-state index in [0.29, 0.717) is 34.3 Å². The van der Waals surface area contributed by atoms with E-state index in [-0.39, 0.29) is 24.7 Å². The van der Waals surface area contributed by atoms with Crippen LogP contribution in [0.1, 0.15) is 32.9 Å². The van der Waals surface area contributed by atoms with Crippen molar-refractivity contribution in [1.29, 1.82) is 0 Å². The molecule has 3 rings (SSSR count). The third-order valence-corrected chi connectivity index (χ3v) is 5.12. The highest BCUT2D eigenvalue weighted by Crippen LogP contribution is 2.26. The summed E-state index contributed by atoms with van der Waals surface area (Å²) in [6.45, 7) is 6.10. The third kappa shape index (κ3) is 5.40. The van der Waals surface area contributed by atoms with Gasteiger partial charge in [-0.2, -0.15) is 5.10 Å². The molecule has 0 spiro atoms. The Morgan fingerprint density at radius 3 is 2.71 bits per heavy atom. The lowest BCUT2D eigenvalue weighted by atomic mass is 10.1. The predicted octanol–water partition coefficient (Wildman–Crippen LogP) is 4.38. The molecular formula is C22H23ClN4O4. The van der Waals surface area contributed by atoms with Crippen LogP contribution in [0.3, 0.4) is 0 Å². The van der Waals surface area contributed by atoms with E-state index in [0.717, 1.165) is 11.1 Å². The van der Waals surface area contributed by atoms with Crippen LogP contribution in [-0.4, -0.2) is 27.2 Å². The number of nitro groups is 1. The molecule has 1 aromatic heterocycles. The van der Waals surface area contributed by atoms with E-state index >= 15 is 0 Å². The quantitative estimate of drug-likeness (QED) is 0.412. The number of rotatable bonds is 8. The molecule has 0 fully saturated rings. The molecule has 0 unspecified atom stereocenters. The van der Waals surface area contributed by atoms with Crippen LogP contribution in [0, 0.1) is 30.9 Å². The van der Waals surface area contributed by atoms with Gasteiger partial charge in [-0.1, -0.05) is 29.8 Å². The van der Waals surface area contributed by atoms with Crippen LogP contribution < -0.4 is 10.1 Å². The van der Waals surface area contributed by atoms with Gasteiger partial charge < -0.3 is 10.1 Å². The second-order valence-corrected chi connectivity index (χ2v) is 7.59. The SMILES string of the molecule is Cc1ccc(Cl)c(OCc2cccc(C(=O)NCCn3nc(C)c([N+](=O)[O-])c3C)c2)c1. The van der Waals surface area contributed by atoms with Gasteiger partial charge in [0.05, 0.1) is 16.5 Å². The largest absolute Gasteiger partial charge is 0.487 e. The highest BCUT2D eigenvalue weighted by atomic mass is 35.5. The zero-order valence-corrected chi connectivity index (χ0v) is 18.3. The van der Waals surface area contributed by atoms with Gasteiger partial charge in [0.15, 0.2) is 0 Å². The average molecular weight is 443 g/mol. The lowest BCUT2D eigenvalue weighted by Crippen LogP contribution is -2.27. The molecule has 31 heavy (non-hydrogen) atoms. The molecule has 1 N–H and O–H groups in total. The molecule has 1 amide bonds. The molecule has 0 saturated heterocycles. The number of ether oxygens (including phenoxy) is 1. The van der Waals surface area contributed by atoms with Gasteiger partial charge >= 0.3 is 5.69 Å². The molecule has 162 valence electrons. The topological polar surface area (TPSA) is 99.3 Å². The van der Waals surface area contributed by atoms with Gasteiger partial charge in [0, 0.05) is 12.1 Å². The van der Waals surface area contributed by atoms with Crippen molar-refractivity contribution in [2.45, 2.75) is 33.9 Å². The first-order chi connectivity index (χ1) is 14.8. The molecular weight excluding hydrogens is 420 g/mol. The van der Waals surface area contributed by atoms with E-state index in [1.54, 1.807) is 38.1 Å². The minimum atomic E-state index is -0.440. The maximum Gasteiger partial charge on any atom is 0.312 e. The predicted molar refractivity (Wildman–Crippen MR) is 118 cm³/mol. The highest BCUT2D eigenvalue weighted by Gasteiger charge is 2.21. The Hall–Kier alpha value is -3.39. The second-order valence-electron chi connectivity index (χ2n) is 7.18.